The Labute approximate surface area is 118 Å². The monoisotopic (exact) mass is 278 g/mol. The number of hydrogen-bond acceptors (Lipinski definition) is 3. The second kappa shape index (κ2) is 5.14. The lowest BCUT2D eigenvalue weighted by atomic mass is 9.75. The molecule has 0 aliphatic carbocycles. The zero-order chi connectivity index (χ0) is 13.3. The predicted molar refractivity (Wildman–Crippen MR) is 77.7 cm³/mol. The van der Waals surface area contributed by atoms with E-state index in [1.807, 2.05) is 18.2 Å². The second-order valence-corrected chi connectivity index (χ2v) is 5.79. The molecule has 0 spiro atoms. The topological polar surface area (TPSA) is 38.1 Å². The van der Waals surface area contributed by atoms with Gasteiger partial charge in [-0.15, -0.1) is 0 Å². The highest BCUT2D eigenvalue weighted by atomic mass is 35.5. The Morgan fingerprint density at radius 1 is 1.37 bits per heavy atom. The van der Waals surface area contributed by atoms with Crippen LogP contribution in [0.2, 0.25) is 5.02 Å². The van der Waals surface area contributed by atoms with E-state index in [0.717, 1.165) is 55.8 Å². The van der Waals surface area contributed by atoms with E-state index >= 15 is 0 Å². The molecule has 2 heterocycles. The Morgan fingerprint density at radius 2 is 2.16 bits per heavy atom. The minimum Gasteiger partial charge on any atom is -0.439 e. The van der Waals surface area contributed by atoms with Gasteiger partial charge in [0.15, 0.2) is 5.58 Å². The third-order valence-electron chi connectivity index (χ3n) is 4.11. The van der Waals surface area contributed by atoms with E-state index < -0.39 is 0 Å². The molecule has 1 aliphatic rings. The van der Waals surface area contributed by atoms with Crippen molar-refractivity contribution in [3.05, 3.63) is 29.1 Å². The molecule has 0 radical (unpaired) electrons. The summed E-state index contributed by atoms with van der Waals surface area (Å²) in [4.78, 5) is 4.71. The van der Waals surface area contributed by atoms with Crippen molar-refractivity contribution in [3.63, 3.8) is 0 Å². The quantitative estimate of drug-likeness (QED) is 0.925. The number of oxazole rings is 1. The highest BCUT2D eigenvalue weighted by Crippen LogP contribution is 2.39. The molecule has 1 fully saturated rings. The number of piperidine rings is 1. The minimum atomic E-state index is 0.0857. The lowest BCUT2D eigenvalue weighted by Gasteiger charge is -2.34. The van der Waals surface area contributed by atoms with Gasteiger partial charge >= 0.3 is 0 Å². The number of para-hydroxylation sites is 1. The highest BCUT2D eigenvalue weighted by molar-refractivity contribution is 6.34. The summed E-state index contributed by atoms with van der Waals surface area (Å²) in [5.41, 5.74) is 1.69. The van der Waals surface area contributed by atoms with Crippen LogP contribution in [0.3, 0.4) is 0 Å². The van der Waals surface area contributed by atoms with Crippen molar-refractivity contribution >= 4 is 22.7 Å². The van der Waals surface area contributed by atoms with Crippen molar-refractivity contribution in [3.8, 4) is 0 Å². The first-order valence-electron chi connectivity index (χ1n) is 7.01. The summed E-state index contributed by atoms with van der Waals surface area (Å²) in [6.07, 6.45) is 4.45. The van der Waals surface area contributed by atoms with E-state index in [9.17, 15) is 0 Å². The molecule has 1 aromatic heterocycles. The van der Waals surface area contributed by atoms with Crippen LogP contribution in [0.1, 0.15) is 38.5 Å². The van der Waals surface area contributed by atoms with E-state index in [1.165, 1.54) is 0 Å². The summed E-state index contributed by atoms with van der Waals surface area (Å²) in [6, 6.07) is 5.74. The van der Waals surface area contributed by atoms with E-state index in [0.29, 0.717) is 5.02 Å². The van der Waals surface area contributed by atoms with E-state index in [2.05, 4.69) is 12.2 Å². The molecule has 0 bridgehead atoms. The van der Waals surface area contributed by atoms with Crippen LogP contribution in [0.15, 0.2) is 22.6 Å². The highest BCUT2D eigenvalue weighted by Gasteiger charge is 2.37. The molecule has 3 nitrogen and oxygen atoms in total. The van der Waals surface area contributed by atoms with Gasteiger partial charge in [0.25, 0.3) is 0 Å². The molecule has 1 N–H and O–H groups in total. The number of rotatable bonds is 3. The van der Waals surface area contributed by atoms with E-state index in [-0.39, 0.29) is 5.41 Å². The first-order chi connectivity index (χ1) is 9.25. The van der Waals surface area contributed by atoms with Gasteiger partial charge in [-0.05, 0) is 44.5 Å². The third kappa shape index (κ3) is 2.26. The first-order valence-corrected chi connectivity index (χ1v) is 7.39. The van der Waals surface area contributed by atoms with E-state index in [1.54, 1.807) is 0 Å². The summed E-state index contributed by atoms with van der Waals surface area (Å²) in [5.74, 6) is 0.874. The number of benzene rings is 1. The van der Waals surface area contributed by atoms with Gasteiger partial charge in [0, 0.05) is 5.41 Å². The molecule has 1 saturated heterocycles. The van der Waals surface area contributed by atoms with Gasteiger partial charge in [-0.25, -0.2) is 4.98 Å². The fourth-order valence-electron chi connectivity index (χ4n) is 3.10. The van der Waals surface area contributed by atoms with Gasteiger partial charge in [-0.1, -0.05) is 31.0 Å². The number of halogens is 1. The molecule has 1 aliphatic heterocycles. The Morgan fingerprint density at radius 3 is 2.84 bits per heavy atom. The number of hydrogen-bond donors (Lipinski definition) is 1. The summed E-state index contributed by atoms with van der Waals surface area (Å²) < 4.78 is 6.02. The number of aromatic nitrogens is 1. The zero-order valence-electron chi connectivity index (χ0n) is 11.2. The molecular weight excluding hydrogens is 260 g/mol. The Hall–Kier alpha value is -1.06. The summed E-state index contributed by atoms with van der Waals surface area (Å²) >= 11 is 6.19. The fraction of sp³-hybridized carbons (Fsp3) is 0.533. The van der Waals surface area contributed by atoms with Crippen molar-refractivity contribution in [2.45, 2.75) is 38.0 Å². The van der Waals surface area contributed by atoms with Crippen LogP contribution in [0.25, 0.3) is 11.1 Å². The second-order valence-electron chi connectivity index (χ2n) is 5.39. The lowest BCUT2D eigenvalue weighted by molar-refractivity contribution is 0.234. The van der Waals surface area contributed by atoms with Crippen LogP contribution in [0.5, 0.6) is 0 Å². The van der Waals surface area contributed by atoms with Crippen molar-refractivity contribution < 1.29 is 4.42 Å². The maximum Gasteiger partial charge on any atom is 0.201 e. The van der Waals surface area contributed by atoms with Gasteiger partial charge < -0.3 is 9.73 Å². The fourth-order valence-corrected chi connectivity index (χ4v) is 3.31. The van der Waals surface area contributed by atoms with Gasteiger partial charge in [0.2, 0.25) is 5.89 Å². The maximum absolute atomic E-state index is 6.19. The van der Waals surface area contributed by atoms with Crippen molar-refractivity contribution in [2.24, 2.45) is 0 Å². The molecule has 4 heteroatoms. The largest absolute Gasteiger partial charge is 0.439 e. The molecular formula is C15H19ClN2O. The van der Waals surface area contributed by atoms with Crippen LogP contribution >= 0.6 is 11.6 Å². The maximum atomic E-state index is 6.19. The minimum absolute atomic E-state index is 0.0857. The Balaban J connectivity index is 2.07. The average Bonchev–Trinajstić information content (AvgIpc) is 2.86. The number of nitrogens with one attached hydrogen (secondary N) is 1. The van der Waals surface area contributed by atoms with Crippen LogP contribution in [0, 0.1) is 0 Å². The van der Waals surface area contributed by atoms with Crippen LogP contribution in [0.4, 0.5) is 0 Å². The molecule has 0 atom stereocenters. The van der Waals surface area contributed by atoms with Crippen molar-refractivity contribution in [1.29, 1.82) is 0 Å². The number of nitrogens with zero attached hydrogens (tertiary/aromatic N) is 1. The first kappa shape index (κ1) is 12.9. The van der Waals surface area contributed by atoms with Crippen LogP contribution in [-0.2, 0) is 5.41 Å². The van der Waals surface area contributed by atoms with Crippen molar-refractivity contribution in [2.75, 3.05) is 13.1 Å². The molecule has 0 unspecified atom stereocenters. The summed E-state index contributed by atoms with van der Waals surface area (Å²) in [5, 5.41) is 4.07. The molecule has 2 aromatic rings. The van der Waals surface area contributed by atoms with Gasteiger partial charge in [0.05, 0.1) is 5.02 Å². The molecule has 0 saturated carbocycles. The average molecular weight is 279 g/mol. The predicted octanol–water partition coefficient (Wildman–Crippen LogP) is 3.90. The summed E-state index contributed by atoms with van der Waals surface area (Å²) in [6.45, 7) is 4.29. The van der Waals surface area contributed by atoms with Gasteiger partial charge in [0.1, 0.15) is 5.52 Å². The van der Waals surface area contributed by atoms with Gasteiger partial charge in [-0.2, -0.15) is 0 Å². The molecule has 0 amide bonds. The SMILES string of the molecule is CCCC1(c2nc3cccc(Cl)c3o2)CCNCC1. The Kier molecular flexibility index (Phi) is 3.50. The molecule has 102 valence electrons. The Bertz CT molecular complexity index is 567. The third-order valence-corrected chi connectivity index (χ3v) is 4.41. The normalized spacial score (nSPS) is 18.8. The zero-order valence-corrected chi connectivity index (χ0v) is 12.0. The molecule has 1 aromatic carbocycles. The van der Waals surface area contributed by atoms with Crippen LogP contribution in [-0.4, -0.2) is 18.1 Å². The summed E-state index contributed by atoms with van der Waals surface area (Å²) in [7, 11) is 0. The van der Waals surface area contributed by atoms with Gasteiger partial charge in [-0.3, -0.25) is 0 Å². The number of fused-ring (bicyclic) bond motifs is 1. The standard InChI is InChI=1S/C15H19ClN2O/c1-2-6-15(7-9-17-10-8-15)14-18-12-5-3-4-11(16)13(12)19-14/h3-5,17H,2,6-10H2,1H3. The molecule has 3 rings (SSSR count). The van der Waals surface area contributed by atoms with E-state index in [4.69, 9.17) is 21.0 Å². The van der Waals surface area contributed by atoms with Crippen molar-refractivity contribution in [1.82, 2.24) is 10.3 Å². The lowest BCUT2D eigenvalue weighted by Crippen LogP contribution is -2.40. The van der Waals surface area contributed by atoms with Crippen LogP contribution < -0.4 is 5.32 Å². The molecule has 19 heavy (non-hydrogen) atoms. The smallest absolute Gasteiger partial charge is 0.201 e.